The van der Waals surface area contributed by atoms with Gasteiger partial charge >= 0.3 is 5.97 Å². The van der Waals surface area contributed by atoms with E-state index in [1.807, 2.05) is 24.4 Å². The molecule has 0 saturated carbocycles. The summed E-state index contributed by atoms with van der Waals surface area (Å²) < 4.78 is 1.78. The molecule has 0 aliphatic carbocycles. The van der Waals surface area contributed by atoms with Crippen LogP contribution in [0.3, 0.4) is 0 Å². The van der Waals surface area contributed by atoms with Crippen molar-refractivity contribution in [3.63, 3.8) is 0 Å². The van der Waals surface area contributed by atoms with Gasteiger partial charge in [-0.1, -0.05) is 37.3 Å². The summed E-state index contributed by atoms with van der Waals surface area (Å²) in [6.45, 7) is 2.78. The van der Waals surface area contributed by atoms with Crippen molar-refractivity contribution in [2.45, 2.75) is 19.4 Å². The van der Waals surface area contributed by atoms with Gasteiger partial charge in [0.15, 0.2) is 0 Å². The molecular weight excluding hydrogens is 214 g/mol. The molecule has 0 unspecified atom stereocenters. The zero-order valence-electron chi connectivity index (χ0n) is 9.71. The van der Waals surface area contributed by atoms with Crippen LogP contribution in [0.15, 0.2) is 48.7 Å². The van der Waals surface area contributed by atoms with Crippen LogP contribution >= 0.6 is 0 Å². The topological polar surface area (TPSA) is 42.2 Å². The molecule has 88 valence electrons. The summed E-state index contributed by atoms with van der Waals surface area (Å²) in [7, 11) is 0. The Bertz CT molecular complexity index is 502. The van der Waals surface area contributed by atoms with Gasteiger partial charge in [0.2, 0.25) is 0 Å². The highest BCUT2D eigenvalue weighted by atomic mass is 16.4. The van der Waals surface area contributed by atoms with Crippen molar-refractivity contribution >= 4 is 5.97 Å². The maximum absolute atomic E-state index is 11.0. The predicted molar refractivity (Wildman–Crippen MR) is 66.2 cm³/mol. The molecule has 0 aliphatic heterocycles. The molecule has 0 aliphatic rings. The van der Waals surface area contributed by atoms with Gasteiger partial charge in [-0.25, -0.2) is 4.79 Å². The molecule has 17 heavy (non-hydrogen) atoms. The number of rotatable bonds is 4. The minimum atomic E-state index is -0.879. The van der Waals surface area contributed by atoms with Crippen molar-refractivity contribution < 1.29 is 9.90 Å². The van der Waals surface area contributed by atoms with Crippen LogP contribution in [-0.4, -0.2) is 15.6 Å². The summed E-state index contributed by atoms with van der Waals surface area (Å²) in [4.78, 5) is 11.0. The van der Waals surface area contributed by atoms with Gasteiger partial charge in [0.05, 0.1) is 0 Å². The minimum Gasteiger partial charge on any atom is -0.477 e. The second-order valence-corrected chi connectivity index (χ2v) is 4.16. The van der Waals surface area contributed by atoms with Gasteiger partial charge in [-0.15, -0.1) is 0 Å². The molecule has 1 heterocycles. The minimum absolute atomic E-state index is 0.293. The third-order valence-electron chi connectivity index (χ3n) is 2.89. The molecule has 0 saturated heterocycles. The molecule has 1 N–H and O–H groups in total. The standard InChI is InChI=1S/C14H15NO2/c1-11(12-6-3-2-4-7-12)10-15-9-5-8-13(15)14(16)17/h2-9,11H,10H2,1H3,(H,16,17)/t11-/m1/s1. The Labute approximate surface area is 100 Å². The largest absolute Gasteiger partial charge is 0.477 e. The normalized spacial score (nSPS) is 12.3. The zero-order chi connectivity index (χ0) is 12.3. The first-order valence-electron chi connectivity index (χ1n) is 5.62. The highest BCUT2D eigenvalue weighted by Crippen LogP contribution is 2.18. The fourth-order valence-electron chi connectivity index (χ4n) is 1.95. The van der Waals surface area contributed by atoms with E-state index >= 15 is 0 Å². The highest BCUT2D eigenvalue weighted by Gasteiger charge is 2.12. The first-order valence-corrected chi connectivity index (χ1v) is 5.62. The molecule has 3 nitrogen and oxygen atoms in total. The van der Waals surface area contributed by atoms with Crippen molar-refractivity contribution in [2.75, 3.05) is 0 Å². The second-order valence-electron chi connectivity index (χ2n) is 4.16. The molecule has 0 radical (unpaired) electrons. The van der Waals surface area contributed by atoms with E-state index in [2.05, 4.69) is 19.1 Å². The number of carboxylic acid groups (broad SMARTS) is 1. The Hall–Kier alpha value is -2.03. The number of aromatic carboxylic acids is 1. The first-order chi connectivity index (χ1) is 8.18. The summed E-state index contributed by atoms with van der Waals surface area (Å²) in [5.74, 6) is -0.586. The Morgan fingerprint density at radius 3 is 2.59 bits per heavy atom. The predicted octanol–water partition coefficient (Wildman–Crippen LogP) is 2.99. The third-order valence-corrected chi connectivity index (χ3v) is 2.89. The van der Waals surface area contributed by atoms with E-state index in [1.165, 1.54) is 5.56 Å². The molecule has 2 rings (SSSR count). The summed E-state index contributed by atoms with van der Waals surface area (Å²) in [6.07, 6.45) is 1.81. The summed E-state index contributed by atoms with van der Waals surface area (Å²) in [5.41, 5.74) is 1.56. The lowest BCUT2D eigenvalue weighted by molar-refractivity contribution is 0.0684. The number of nitrogens with zero attached hydrogens (tertiary/aromatic N) is 1. The van der Waals surface area contributed by atoms with Gasteiger partial charge in [-0.2, -0.15) is 0 Å². The molecule has 0 fully saturated rings. The lowest BCUT2D eigenvalue weighted by Gasteiger charge is -2.14. The van der Waals surface area contributed by atoms with Crippen molar-refractivity contribution in [1.29, 1.82) is 0 Å². The molecule has 1 atom stereocenters. The molecule has 2 aromatic rings. The molecule has 1 aromatic carbocycles. The number of hydrogen-bond acceptors (Lipinski definition) is 1. The average molecular weight is 229 g/mol. The van der Waals surface area contributed by atoms with Crippen LogP contribution in [0.2, 0.25) is 0 Å². The van der Waals surface area contributed by atoms with E-state index in [4.69, 9.17) is 5.11 Å². The van der Waals surface area contributed by atoms with Crippen LogP contribution in [0.1, 0.15) is 28.9 Å². The Kier molecular flexibility index (Phi) is 3.28. The van der Waals surface area contributed by atoms with E-state index in [9.17, 15) is 4.79 Å². The van der Waals surface area contributed by atoms with E-state index in [-0.39, 0.29) is 0 Å². The van der Waals surface area contributed by atoms with Gasteiger partial charge in [-0.3, -0.25) is 0 Å². The zero-order valence-corrected chi connectivity index (χ0v) is 9.71. The van der Waals surface area contributed by atoms with Gasteiger partial charge in [0.25, 0.3) is 0 Å². The Morgan fingerprint density at radius 2 is 1.94 bits per heavy atom. The van der Waals surface area contributed by atoms with Crippen molar-refractivity contribution in [3.8, 4) is 0 Å². The van der Waals surface area contributed by atoms with E-state index in [0.29, 0.717) is 18.2 Å². The summed E-state index contributed by atoms with van der Waals surface area (Å²) >= 11 is 0. The quantitative estimate of drug-likeness (QED) is 0.875. The van der Waals surface area contributed by atoms with Gasteiger partial charge < -0.3 is 9.67 Å². The van der Waals surface area contributed by atoms with Crippen LogP contribution in [0.25, 0.3) is 0 Å². The average Bonchev–Trinajstić information content (AvgIpc) is 2.78. The van der Waals surface area contributed by atoms with Crippen LogP contribution < -0.4 is 0 Å². The van der Waals surface area contributed by atoms with Crippen molar-refractivity contribution in [1.82, 2.24) is 4.57 Å². The fourth-order valence-corrected chi connectivity index (χ4v) is 1.95. The lowest BCUT2D eigenvalue weighted by atomic mass is 10.0. The second kappa shape index (κ2) is 4.87. The lowest BCUT2D eigenvalue weighted by Crippen LogP contribution is -2.11. The van der Waals surface area contributed by atoms with Crippen LogP contribution in [-0.2, 0) is 6.54 Å². The third kappa shape index (κ3) is 2.56. The Morgan fingerprint density at radius 1 is 1.24 bits per heavy atom. The number of hydrogen-bond donors (Lipinski definition) is 1. The number of carbonyl (C=O) groups is 1. The van der Waals surface area contributed by atoms with Crippen molar-refractivity contribution in [3.05, 3.63) is 59.9 Å². The number of aromatic nitrogens is 1. The molecule has 0 spiro atoms. The summed E-state index contributed by atoms with van der Waals surface area (Å²) in [6, 6.07) is 13.5. The Balaban J connectivity index is 2.16. The van der Waals surface area contributed by atoms with E-state index in [1.54, 1.807) is 16.7 Å². The highest BCUT2D eigenvalue weighted by molar-refractivity contribution is 5.85. The fraction of sp³-hybridized carbons (Fsp3) is 0.214. The SMILES string of the molecule is C[C@H](Cn1cccc1C(=O)O)c1ccccc1. The van der Waals surface area contributed by atoms with Crippen LogP contribution in [0.4, 0.5) is 0 Å². The number of benzene rings is 1. The maximum atomic E-state index is 11.0. The molecule has 0 amide bonds. The van der Waals surface area contributed by atoms with Crippen LogP contribution in [0, 0.1) is 0 Å². The molecule has 0 bridgehead atoms. The van der Waals surface area contributed by atoms with Crippen molar-refractivity contribution in [2.24, 2.45) is 0 Å². The first kappa shape index (κ1) is 11.5. The monoisotopic (exact) mass is 229 g/mol. The molecular formula is C14H15NO2. The molecule has 3 heteroatoms. The maximum Gasteiger partial charge on any atom is 0.352 e. The van der Waals surface area contributed by atoms with Gasteiger partial charge in [0, 0.05) is 12.7 Å². The number of carboxylic acids is 1. The van der Waals surface area contributed by atoms with Crippen LogP contribution in [0.5, 0.6) is 0 Å². The molecule has 1 aromatic heterocycles. The summed E-state index contributed by atoms with van der Waals surface area (Å²) in [5, 5.41) is 9.02. The smallest absolute Gasteiger partial charge is 0.352 e. The van der Waals surface area contributed by atoms with E-state index < -0.39 is 5.97 Å². The van der Waals surface area contributed by atoms with Gasteiger partial charge in [-0.05, 0) is 23.6 Å². The van der Waals surface area contributed by atoms with Gasteiger partial charge in [0.1, 0.15) is 5.69 Å². The van der Waals surface area contributed by atoms with E-state index in [0.717, 1.165) is 0 Å².